The molecule has 1 rings (SSSR count). The molecule has 0 aliphatic carbocycles. The summed E-state index contributed by atoms with van der Waals surface area (Å²) in [6, 6.07) is 2.34. The first-order valence-electron chi connectivity index (χ1n) is 5.16. The second-order valence-electron chi connectivity index (χ2n) is 4.09. The maximum atomic E-state index is 10.7. The Kier molecular flexibility index (Phi) is 3.91. The standard InChI is InChI=1S/C11H19N3O/c1-8(2)11(13-3)9-4-5-14(6-9)7-10(12)15/h4-6,8,11,13H,7H2,1-3H3,(H2,12,15). The van der Waals surface area contributed by atoms with Crippen LogP contribution in [0.4, 0.5) is 0 Å². The highest BCUT2D eigenvalue weighted by atomic mass is 16.1. The molecule has 0 fully saturated rings. The van der Waals surface area contributed by atoms with Crippen molar-refractivity contribution < 1.29 is 4.79 Å². The maximum absolute atomic E-state index is 10.7. The van der Waals surface area contributed by atoms with Crippen molar-refractivity contribution in [3.8, 4) is 0 Å². The van der Waals surface area contributed by atoms with Gasteiger partial charge in [-0.15, -0.1) is 0 Å². The molecule has 1 aromatic rings. The van der Waals surface area contributed by atoms with Gasteiger partial charge < -0.3 is 15.6 Å². The molecule has 4 heteroatoms. The van der Waals surface area contributed by atoms with E-state index in [4.69, 9.17) is 5.73 Å². The van der Waals surface area contributed by atoms with Crippen molar-refractivity contribution in [1.29, 1.82) is 0 Å². The quantitative estimate of drug-likeness (QED) is 0.756. The molecule has 0 aliphatic rings. The average Bonchev–Trinajstić information content (AvgIpc) is 2.52. The van der Waals surface area contributed by atoms with E-state index in [9.17, 15) is 4.79 Å². The fourth-order valence-corrected chi connectivity index (χ4v) is 1.81. The number of primary amides is 1. The van der Waals surface area contributed by atoms with Crippen molar-refractivity contribution in [2.45, 2.75) is 26.4 Å². The number of hydrogen-bond donors (Lipinski definition) is 2. The van der Waals surface area contributed by atoms with Crippen LogP contribution in [0.5, 0.6) is 0 Å². The van der Waals surface area contributed by atoms with Gasteiger partial charge >= 0.3 is 0 Å². The van der Waals surface area contributed by atoms with E-state index in [-0.39, 0.29) is 12.5 Å². The monoisotopic (exact) mass is 209 g/mol. The molecule has 0 radical (unpaired) electrons. The van der Waals surface area contributed by atoms with Crippen molar-refractivity contribution >= 4 is 5.91 Å². The van der Waals surface area contributed by atoms with Gasteiger partial charge in [-0.05, 0) is 24.6 Å². The molecule has 0 bridgehead atoms. The summed E-state index contributed by atoms with van der Waals surface area (Å²) in [7, 11) is 1.94. The van der Waals surface area contributed by atoms with Gasteiger partial charge in [-0.1, -0.05) is 13.8 Å². The third-order valence-corrected chi connectivity index (χ3v) is 2.45. The second-order valence-corrected chi connectivity index (χ2v) is 4.09. The Balaban J connectivity index is 2.77. The van der Waals surface area contributed by atoms with Crippen LogP contribution >= 0.6 is 0 Å². The van der Waals surface area contributed by atoms with Crippen LogP contribution in [-0.4, -0.2) is 17.5 Å². The lowest BCUT2D eigenvalue weighted by Crippen LogP contribution is -2.21. The largest absolute Gasteiger partial charge is 0.368 e. The fourth-order valence-electron chi connectivity index (χ4n) is 1.81. The molecule has 3 N–H and O–H groups in total. The van der Waals surface area contributed by atoms with E-state index in [1.807, 2.05) is 30.1 Å². The number of carbonyl (C=O) groups is 1. The summed E-state index contributed by atoms with van der Waals surface area (Å²) in [5.74, 6) is 0.196. The van der Waals surface area contributed by atoms with Crippen molar-refractivity contribution in [3.63, 3.8) is 0 Å². The topological polar surface area (TPSA) is 60.1 Å². The molecule has 84 valence electrons. The summed E-state index contributed by atoms with van der Waals surface area (Å²) in [6.07, 6.45) is 3.85. The van der Waals surface area contributed by atoms with E-state index in [1.54, 1.807) is 0 Å². The van der Waals surface area contributed by atoms with Crippen LogP contribution in [0.1, 0.15) is 25.5 Å². The zero-order chi connectivity index (χ0) is 11.4. The number of aromatic nitrogens is 1. The minimum absolute atomic E-state index is 0.245. The lowest BCUT2D eigenvalue weighted by molar-refractivity contribution is -0.118. The van der Waals surface area contributed by atoms with Gasteiger partial charge in [0.15, 0.2) is 0 Å². The normalized spacial score (nSPS) is 13.1. The van der Waals surface area contributed by atoms with Crippen LogP contribution in [0.25, 0.3) is 0 Å². The van der Waals surface area contributed by atoms with Crippen molar-refractivity contribution in [1.82, 2.24) is 9.88 Å². The lowest BCUT2D eigenvalue weighted by Gasteiger charge is -2.18. The predicted molar refractivity (Wildman–Crippen MR) is 60.3 cm³/mol. The molecule has 15 heavy (non-hydrogen) atoms. The summed E-state index contributed by atoms with van der Waals surface area (Å²) in [4.78, 5) is 10.7. The molecular weight excluding hydrogens is 190 g/mol. The summed E-state index contributed by atoms with van der Waals surface area (Å²) in [5, 5.41) is 3.25. The van der Waals surface area contributed by atoms with Crippen LogP contribution in [0.2, 0.25) is 0 Å². The molecule has 1 unspecified atom stereocenters. The Morgan fingerprint density at radius 3 is 2.73 bits per heavy atom. The van der Waals surface area contributed by atoms with Crippen molar-refractivity contribution in [2.24, 2.45) is 11.7 Å². The smallest absolute Gasteiger partial charge is 0.237 e. The first kappa shape index (κ1) is 11.8. The summed E-state index contributed by atoms with van der Waals surface area (Å²) >= 11 is 0. The highest BCUT2D eigenvalue weighted by Gasteiger charge is 2.14. The zero-order valence-electron chi connectivity index (χ0n) is 9.53. The number of carbonyl (C=O) groups excluding carboxylic acids is 1. The van der Waals surface area contributed by atoms with Gasteiger partial charge in [0.1, 0.15) is 6.54 Å². The van der Waals surface area contributed by atoms with E-state index < -0.39 is 0 Å². The van der Waals surface area contributed by atoms with Crippen LogP contribution in [0.15, 0.2) is 18.5 Å². The van der Waals surface area contributed by atoms with E-state index in [2.05, 4.69) is 19.2 Å². The Hall–Kier alpha value is -1.29. The summed E-state index contributed by atoms with van der Waals surface area (Å²) in [6.45, 7) is 4.56. The summed E-state index contributed by atoms with van der Waals surface area (Å²) in [5.41, 5.74) is 6.32. The molecule has 0 saturated carbocycles. The van der Waals surface area contributed by atoms with E-state index in [0.29, 0.717) is 12.0 Å². The Labute approximate surface area is 90.5 Å². The molecule has 1 heterocycles. The summed E-state index contributed by atoms with van der Waals surface area (Å²) < 4.78 is 1.81. The van der Waals surface area contributed by atoms with Crippen molar-refractivity contribution in [3.05, 3.63) is 24.0 Å². The minimum atomic E-state index is -0.317. The predicted octanol–water partition coefficient (Wildman–Crippen LogP) is 0.890. The van der Waals surface area contributed by atoms with Gasteiger partial charge in [0.25, 0.3) is 0 Å². The number of amides is 1. The van der Waals surface area contributed by atoms with Crippen LogP contribution in [0.3, 0.4) is 0 Å². The Morgan fingerprint density at radius 1 is 1.60 bits per heavy atom. The number of nitrogens with two attached hydrogens (primary N) is 1. The van der Waals surface area contributed by atoms with Gasteiger partial charge in [-0.2, -0.15) is 0 Å². The van der Waals surface area contributed by atoms with Crippen LogP contribution < -0.4 is 11.1 Å². The van der Waals surface area contributed by atoms with E-state index in [0.717, 1.165) is 0 Å². The molecule has 0 saturated heterocycles. The third-order valence-electron chi connectivity index (χ3n) is 2.45. The first-order valence-corrected chi connectivity index (χ1v) is 5.16. The molecule has 1 atom stereocenters. The van der Waals surface area contributed by atoms with Crippen LogP contribution in [-0.2, 0) is 11.3 Å². The number of rotatable bonds is 5. The molecule has 1 amide bonds. The molecular formula is C11H19N3O. The molecule has 0 aliphatic heterocycles. The van der Waals surface area contributed by atoms with Gasteiger partial charge in [0.05, 0.1) is 0 Å². The molecule has 0 spiro atoms. The molecule has 1 aromatic heterocycles. The van der Waals surface area contributed by atoms with E-state index >= 15 is 0 Å². The fraction of sp³-hybridized carbons (Fsp3) is 0.545. The Morgan fingerprint density at radius 2 is 2.27 bits per heavy atom. The van der Waals surface area contributed by atoms with Gasteiger partial charge in [0.2, 0.25) is 5.91 Å². The molecule has 0 aromatic carbocycles. The zero-order valence-corrected chi connectivity index (χ0v) is 9.53. The maximum Gasteiger partial charge on any atom is 0.237 e. The van der Waals surface area contributed by atoms with Gasteiger partial charge in [-0.25, -0.2) is 0 Å². The lowest BCUT2D eigenvalue weighted by atomic mass is 9.99. The minimum Gasteiger partial charge on any atom is -0.368 e. The van der Waals surface area contributed by atoms with Crippen molar-refractivity contribution in [2.75, 3.05) is 7.05 Å². The highest BCUT2D eigenvalue weighted by Crippen LogP contribution is 2.21. The van der Waals surface area contributed by atoms with E-state index in [1.165, 1.54) is 5.56 Å². The average molecular weight is 209 g/mol. The SMILES string of the molecule is CNC(c1ccn(CC(N)=O)c1)C(C)C. The Bertz CT molecular complexity index is 330. The second kappa shape index (κ2) is 4.98. The van der Waals surface area contributed by atoms with Gasteiger partial charge in [0, 0.05) is 18.4 Å². The van der Waals surface area contributed by atoms with Crippen LogP contribution in [0, 0.1) is 5.92 Å². The highest BCUT2D eigenvalue weighted by molar-refractivity contribution is 5.73. The molecule has 4 nitrogen and oxygen atoms in total. The van der Waals surface area contributed by atoms with Gasteiger partial charge in [-0.3, -0.25) is 4.79 Å². The number of hydrogen-bond acceptors (Lipinski definition) is 2. The number of nitrogens with one attached hydrogen (secondary N) is 1. The third kappa shape index (κ3) is 3.09. The number of nitrogens with zero attached hydrogens (tertiary/aromatic N) is 1. The first-order chi connectivity index (χ1) is 7.04.